The van der Waals surface area contributed by atoms with E-state index in [1.807, 2.05) is 44.2 Å². The van der Waals surface area contributed by atoms with Crippen molar-refractivity contribution >= 4 is 22.7 Å². The first-order valence-electron chi connectivity index (χ1n) is 8.54. The molecule has 0 spiro atoms. The number of rotatable bonds is 4. The molecule has 0 saturated carbocycles. The Morgan fingerprint density at radius 2 is 1.78 bits per heavy atom. The van der Waals surface area contributed by atoms with Crippen molar-refractivity contribution in [2.75, 3.05) is 5.32 Å². The van der Waals surface area contributed by atoms with Crippen molar-refractivity contribution < 1.29 is 9.21 Å². The van der Waals surface area contributed by atoms with Gasteiger partial charge in [0.1, 0.15) is 6.54 Å². The highest BCUT2D eigenvalue weighted by Crippen LogP contribution is 2.23. The molecule has 0 aliphatic rings. The number of carbonyl (C=O) groups is 1. The molecule has 0 bridgehead atoms. The van der Waals surface area contributed by atoms with E-state index >= 15 is 0 Å². The first-order valence-corrected chi connectivity index (χ1v) is 8.54. The van der Waals surface area contributed by atoms with E-state index in [9.17, 15) is 9.59 Å². The molecule has 27 heavy (non-hydrogen) atoms. The molecule has 0 saturated heterocycles. The number of hydrogen-bond donors (Lipinski definition) is 1. The summed E-state index contributed by atoms with van der Waals surface area (Å²) in [6.07, 6.45) is 0. The molecule has 1 N–H and O–H groups in total. The number of fused-ring (bicyclic) bond motifs is 1. The summed E-state index contributed by atoms with van der Waals surface area (Å²) in [5.41, 5.74) is 4.12. The van der Waals surface area contributed by atoms with E-state index in [-0.39, 0.29) is 12.5 Å². The lowest BCUT2D eigenvalue weighted by Gasteiger charge is -2.07. The van der Waals surface area contributed by atoms with E-state index in [0.717, 1.165) is 11.4 Å². The monoisotopic (exact) mass is 362 g/mol. The van der Waals surface area contributed by atoms with Crippen molar-refractivity contribution in [1.82, 2.24) is 14.3 Å². The molecular formula is C20H18N4O3. The second-order valence-corrected chi connectivity index (χ2v) is 6.26. The molecule has 0 atom stereocenters. The lowest BCUT2D eigenvalue weighted by Crippen LogP contribution is -2.25. The third-order valence-electron chi connectivity index (χ3n) is 4.43. The predicted molar refractivity (Wildman–Crippen MR) is 102 cm³/mol. The summed E-state index contributed by atoms with van der Waals surface area (Å²) in [5, 5.41) is 7.39. The predicted octanol–water partition coefficient (Wildman–Crippen LogP) is 3.04. The molecule has 0 fully saturated rings. The minimum atomic E-state index is -0.556. The molecule has 0 radical (unpaired) electrons. The van der Waals surface area contributed by atoms with Gasteiger partial charge in [0.15, 0.2) is 5.58 Å². The zero-order valence-electron chi connectivity index (χ0n) is 15.0. The van der Waals surface area contributed by atoms with E-state index < -0.39 is 5.76 Å². The fourth-order valence-corrected chi connectivity index (χ4v) is 3.13. The zero-order valence-corrected chi connectivity index (χ0v) is 15.0. The minimum absolute atomic E-state index is 0.134. The quantitative estimate of drug-likeness (QED) is 0.605. The lowest BCUT2D eigenvalue weighted by atomic mass is 10.3. The molecule has 4 aromatic rings. The molecule has 1 amide bonds. The number of hydrogen-bond acceptors (Lipinski definition) is 4. The molecule has 136 valence electrons. The van der Waals surface area contributed by atoms with Crippen LogP contribution in [0.1, 0.15) is 11.4 Å². The summed E-state index contributed by atoms with van der Waals surface area (Å²) in [4.78, 5) is 24.6. The van der Waals surface area contributed by atoms with Crippen LogP contribution in [0, 0.1) is 13.8 Å². The number of carbonyl (C=O) groups excluding carboxylic acids is 1. The molecule has 7 nitrogen and oxygen atoms in total. The van der Waals surface area contributed by atoms with Gasteiger partial charge in [-0.05, 0) is 38.1 Å². The van der Waals surface area contributed by atoms with Gasteiger partial charge in [0, 0.05) is 0 Å². The number of amides is 1. The Morgan fingerprint density at radius 1 is 1.07 bits per heavy atom. The summed E-state index contributed by atoms with van der Waals surface area (Å²) in [6, 6.07) is 16.7. The Hall–Kier alpha value is -3.61. The highest BCUT2D eigenvalue weighted by Gasteiger charge is 2.17. The lowest BCUT2D eigenvalue weighted by molar-refractivity contribution is -0.116. The van der Waals surface area contributed by atoms with Crippen LogP contribution in [0.5, 0.6) is 0 Å². The van der Waals surface area contributed by atoms with Crippen LogP contribution in [0.15, 0.2) is 63.8 Å². The Morgan fingerprint density at radius 3 is 2.56 bits per heavy atom. The minimum Gasteiger partial charge on any atom is -0.408 e. The highest BCUT2D eigenvalue weighted by molar-refractivity contribution is 5.92. The third kappa shape index (κ3) is 3.03. The number of oxazole rings is 1. The van der Waals surface area contributed by atoms with Crippen molar-refractivity contribution in [2.45, 2.75) is 20.4 Å². The number of aromatic nitrogens is 3. The molecule has 2 aromatic carbocycles. The van der Waals surface area contributed by atoms with Crippen LogP contribution in [-0.4, -0.2) is 20.3 Å². The third-order valence-corrected chi connectivity index (χ3v) is 4.43. The Labute approximate surface area is 154 Å². The largest absolute Gasteiger partial charge is 0.420 e. The van der Waals surface area contributed by atoms with Crippen molar-refractivity contribution in [3.05, 3.63) is 76.5 Å². The molecule has 7 heteroatoms. The van der Waals surface area contributed by atoms with E-state index in [0.29, 0.717) is 22.5 Å². The number of para-hydroxylation sites is 3. The van der Waals surface area contributed by atoms with Crippen LogP contribution in [0.2, 0.25) is 0 Å². The molecule has 0 unspecified atom stereocenters. The second-order valence-electron chi connectivity index (χ2n) is 6.26. The Bertz CT molecular complexity index is 1190. The van der Waals surface area contributed by atoms with Crippen LogP contribution in [-0.2, 0) is 11.3 Å². The van der Waals surface area contributed by atoms with Gasteiger partial charge in [0.2, 0.25) is 5.91 Å². The van der Waals surface area contributed by atoms with Crippen LogP contribution in [0.3, 0.4) is 0 Å². The highest BCUT2D eigenvalue weighted by atomic mass is 16.4. The fourth-order valence-electron chi connectivity index (χ4n) is 3.13. The van der Waals surface area contributed by atoms with Crippen LogP contribution < -0.4 is 11.1 Å². The molecular weight excluding hydrogens is 344 g/mol. The van der Waals surface area contributed by atoms with Crippen LogP contribution in [0.25, 0.3) is 16.8 Å². The normalized spacial score (nSPS) is 11.0. The van der Waals surface area contributed by atoms with E-state index in [4.69, 9.17) is 4.42 Å². The maximum atomic E-state index is 12.6. The first kappa shape index (κ1) is 16.8. The van der Waals surface area contributed by atoms with Gasteiger partial charge >= 0.3 is 5.76 Å². The number of nitrogens with one attached hydrogen (secondary N) is 1. The summed E-state index contributed by atoms with van der Waals surface area (Å²) < 4.78 is 8.27. The summed E-state index contributed by atoms with van der Waals surface area (Å²) in [6.45, 7) is 3.59. The summed E-state index contributed by atoms with van der Waals surface area (Å²) >= 11 is 0. The number of aryl methyl sites for hydroxylation is 1. The Balaban J connectivity index is 1.61. The maximum absolute atomic E-state index is 12.6. The molecule has 2 heterocycles. The number of benzene rings is 2. The van der Waals surface area contributed by atoms with Crippen molar-refractivity contribution in [3.63, 3.8) is 0 Å². The topological polar surface area (TPSA) is 82.1 Å². The van der Waals surface area contributed by atoms with Gasteiger partial charge in [-0.1, -0.05) is 30.3 Å². The van der Waals surface area contributed by atoms with Gasteiger partial charge in [-0.15, -0.1) is 0 Å². The van der Waals surface area contributed by atoms with Crippen LogP contribution in [0.4, 0.5) is 5.69 Å². The van der Waals surface area contributed by atoms with Gasteiger partial charge in [-0.25, -0.2) is 9.48 Å². The first-order chi connectivity index (χ1) is 13.0. The van der Waals surface area contributed by atoms with Crippen molar-refractivity contribution in [3.8, 4) is 5.69 Å². The van der Waals surface area contributed by atoms with Gasteiger partial charge in [0.05, 0.1) is 28.3 Å². The molecule has 2 aromatic heterocycles. The van der Waals surface area contributed by atoms with E-state index in [2.05, 4.69) is 10.4 Å². The SMILES string of the molecule is Cc1nn(-c2ccccc2)c(C)c1NC(=O)Cn1c(=O)oc2ccccc21. The average molecular weight is 362 g/mol. The van der Waals surface area contributed by atoms with Crippen molar-refractivity contribution in [2.24, 2.45) is 0 Å². The summed E-state index contributed by atoms with van der Waals surface area (Å²) in [5.74, 6) is -0.873. The molecule has 0 aliphatic heterocycles. The molecule has 0 aliphatic carbocycles. The second kappa shape index (κ2) is 6.60. The number of anilines is 1. The van der Waals surface area contributed by atoms with Gasteiger partial charge in [-0.3, -0.25) is 9.36 Å². The fraction of sp³-hybridized carbons (Fsp3) is 0.150. The zero-order chi connectivity index (χ0) is 19.0. The van der Waals surface area contributed by atoms with Gasteiger partial charge in [-0.2, -0.15) is 5.10 Å². The Kier molecular flexibility index (Phi) is 4.12. The van der Waals surface area contributed by atoms with E-state index in [1.54, 1.807) is 28.9 Å². The standard InChI is InChI=1S/C20H18N4O3/c1-13-19(14(2)24(22-13)15-8-4-3-5-9-15)21-18(25)12-23-16-10-6-7-11-17(16)27-20(23)26/h3-11H,12H2,1-2H3,(H,21,25). The van der Waals surface area contributed by atoms with Crippen LogP contribution >= 0.6 is 0 Å². The molecule has 4 rings (SSSR count). The summed E-state index contributed by atoms with van der Waals surface area (Å²) in [7, 11) is 0. The van der Waals surface area contributed by atoms with Crippen molar-refractivity contribution in [1.29, 1.82) is 0 Å². The van der Waals surface area contributed by atoms with Gasteiger partial charge < -0.3 is 9.73 Å². The average Bonchev–Trinajstić information content (AvgIpc) is 3.13. The maximum Gasteiger partial charge on any atom is 0.420 e. The smallest absolute Gasteiger partial charge is 0.408 e. The number of nitrogens with zero attached hydrogens (tertiary/aromatic N) is 3. The van der Waals surface area contributed by atoms with E-state index in [1.165, 1.54) is 4.57 Å². The van der Waals surface area contributed by atoms with Gasteiger partial charge in [0.25, 0.3) is 0 Å².